The van der Waals surface area contributed by atoms with Crippen LogP contribution in [0, 0.1) is 11.3 Å². The Bertz CT molecular complexity index is 532. The van der Waals surface area contributed by atoms with Crippen molar-refractivity contribution >= 4 is 5.69 Å². The molecular weight excluding hydrogens is 238 g/mol. The standard InChI is InChI=1S/C15H13N3O/c16-10-14-9-15(12-5-4-8-17-11-12)18(19-14)13-6-2-1-3-7-13/h1-8,11,14-15H,9H2/t14-,15+/m1/s1. The average Bonchev–Trinajstić information content (AvgIpc) is 2.93. The van der Waals surface area contributed by atoms with E-state index in [-0.39, 0.29) is 6.04 Å². The van der Waals surface area contributed by atoms with Crippen LogP contribution >= 0.6 is 0 Å². The highest BCUT2D eigenvalue weighted by molar-refractivity contribution is 5.47. The van der Waals surface area contributed by atoms with Crippen LogP contribution in [-0.4, -0.2) is 11.1 Å². The molecule has 2 aromatic rings. The molecule has 4 nitrogen and oxygen atoms in total. The summed E-state index contributed by atoms with van der Waals surface area (Å²) in [4.78, 5) is 9.85. The summed E-state index contributed by atoms with van der Waals surface area (Å²) in [5.41, 5.74) is 2.01. The summed E-state index contributed by atoms with van der Waals surface area (Å²) in [7, 11) is 0. The van der Waals surface area contributed by atoms with Crippen molar-refractivity contribution in [3.05, 3.63) is 60.4 Å². The molecule has 1 saturated heterocycles. The summed E-state index contributed by atoms with van der Waals surface area (Å²) >= 11 is 0. The molecule has 1 aromatic heterocycles. The van der Waals surface area contributed by atoms with Crippen LogP contribution in [0.5, 0.6) is 0 Å². The Kier molecular flexibility index (Phi) is 3.13. The van der Waals surface area contributed by atoms with Gasteiger partial charge in [-0.25, -0.2) is 5.06 Å². The van der Waals surface area contributed by atoms with E-state index in [1.165, 1.54) is 0 Å². The van der Waals surface area contributed by atoms with Crippen LogP contribution in [0.25, 0.3) is 0 Å². The van der Waals surface area contributed by atoms with Crippen molar-refractivity contribution in [3.63, 3.8) is 0 Å². The van der Waals surface area contributed by atoms with Gasteiger partial charge in [0.05, 0.1) is 17.8 Å². The van der Waals surface area contributed by atoms with Gasteiger partial charge in [0.15, 0.2) is 6.10 Å². The van der Waals surface area contributed by atoms with Crippen molar-refractivity contribution in [2.45, 2.75) is 18.6 Å². The Balaban J connectivity index is 1.95. The Morgan fingerprint density at radius 1 is 1.21 bits per heavy atom. The zero-order chi connectivity index (χ0) is 13.1. The van der Waals surface area contributed by atoms with Gasteiger partial charge in [0.2, 0.25) is 0 Å². The number of rotatable bonds is 2. The number of hydrogen-bond acceptors (Lipinski definition) is 4. The van der Waals surface area contributed by atoms with E-state index in [1.54, 1.807) is 6.20 Å². The van der Waals surface area contributed by atoms with E-state index in [1.807, 2.05) is 53.7 Å². The summed E-state index contributed by atoms with van der Waals surface area (Å²) in [5, 5.41) is 10.9. The molecule has 4 heteroatoms. The van der Waals surface area contributed by atoms with E-state index >= 15 is 0 Å². The molecule has 1 aromatic carbocycles. The van der Waals surface area contributed by atoms with E-state index in [4.69, 9.17) is 10.1 Å². The molecule has 0 radical (unpaired) electrons. The summed E-state index contributed by atoms with van der Waals surface area (Å²) in [6.45, 7) is 0. The van der Waals surface area contributed by atoms with E-state index in [0.29, 0.717) is 6.42 Å². The maximum absolute atomic E-state index is 9.08. The van der Waals surface area contributed by atoms with Crippen molar-refractivity contribution in [1.82, 2.24) is 4.98 Å². The minimum atomic E-state index is -0.412. The van der Waals surface area contributed by atoms with Gasteiger partial charge in [-0.2, -0.15) is 5.26 Å². The van der Waals surface area contributed by atoms with Gasteiger partial charge in [-0.1, -0.05) is 24.3 Å². The lowest BCUT2D eigenvalue weighted by atomic mass is 10.0. The first kappa shape index (κ1) is 11.7. The maximum Gasteiger partial charge on any atom is 0.174 e. The molecule has 1 aliphatic heterocycles. The lowest BCUT2D eigenvalue weighted by molar-refractivity contribution is 0.118. The van der Waals surface area contributed by atoms with Crippen LogP contribution in [0.1, 0.15) is 18.0 Å². The Hall–Kier alpha value is -2.38. The number of aromatic nitrogens is 1. The van der Waals surface area contributed by atoms with Gasteiger partial charge in [0, 0.05) is 18.8 Å². The quantitative estimate of drug-likeness (QED) is 0.823. The van der Waals surface area contributed by atoms with Crippen LogP contribution in [0.3, 0.4) is 0 Å². The number of hydrogen-bond donors (Lipinski definition) is 0. The van der Waals surface area contributed by atoms with Crippen LogP contribution in [0.15, 0.2) is 54.9 Å². The maximum atomic E-state index is 9.08. The molecule has 2 heterocycles. The predicted molar refractivity (Wildman–Crippen MR) is 71.0 cm³/mol. The topological polar surface area (TPSA) is 49.2 Å². The predicted octanol–water partition coefficient (Wildman–Crippen LogP) is 2.86. The fourth-order valence-corrected chi connectivity index (χ4v) is 2.29. The summed E-state index contributed by atoms with van der Waals surface area (Å²) < 4.78 is 0. The SMILES string of the molecule is N#C[C@H]1C[C@@H](c2cccnc2)N(c2ccccc2)O1. The van der Waals surface area contributed by atoms with Gasteiger partial charge in [-0.05, 0) is 23.8 Å². The Labute approximate surface area is 111 Å². The summed E-state index contributed by atoms with van der Waals surface area (Å²) in [6, 6.07) is 15.9. The zero-order valence-corrected chi connectivity index (χ0v) is 10.3. The second kappa shape index (κ2) is 5.09. The first-order chi connectivity index (χ1) is 9.38. The molecule has 2 atom stereocenters. The van der Waals surface area contributed by atoms with Crippen LogP contribution in [-0.2, 0) is 4.84 Å². The molecule has 0 unspecified atom stereocenters. The molecule has 0 aliphatic carbocycles. The van der Waals surface area contributed by atoms with Crippen LogP contribution in [0.4, 0.5) is 5.69 Å². The summed E-state index contributed by atoms with van der Waals surface area (Å²) in [6.07, 6.45) is 3.81. The van der Waals surface area contributed by atoms with Gasteiger partial charge in [0.1, 0.15) is 0 Å². The monoisotopic (exact) mass is 251 g/mol. The van der Waals surface area contributed by atoms with Crippen LogP contribution in [0.2, 0.25) is 0 Å². The normalized spacial score (nSPS) is 22.2. The zero-order valence-electron chi connectivity index (χ0n) is 10.3. The molecule has 94 valence electrons. The lowest BCUT2D eigenvalue weighted by Gasteiger charge is -2.24. The third-order valence-corrected chi connectivity index (χ3v) is 3.19. The van der Waals surface area contributed by atoms with Crippen molar-refractivity contribution in [2.75, 3.05) is 5.06 Å². The van der Waals surface area contributed by atoms with E-state index in [0.717, 1.165) is 11.3 Å². The number of pyridine rings is 1. The van der Waals surface area contributed by atoms with Gasteiger partial charge in [-0.15, -0.1) is 0 Å². The summed E-state index contributed by atoms with van der Waals surface area (Å²) in [5.74, 6) is 0. The van der Waals surface area contributed by atoms with Crippen molar-refractivity contribution < 1.29 is 4.84 Å². The molecule has 0 bridgehead atoms. The lowest BCUT2D eigenvalue weighted by Crippen LogP contribution is -2.21. The molecule has 1 aliphatic rings. The van der Waals surface area contributed by atoms with E-state index in [2.05, 4.69) is 11.1 Å². The molecular formula is C15H13N3O. The van der Waals surface area contributed by atoms with Crippen molar-refractivity contribution in [3.8, 4) is 6.07 Å². The molecule has 0 amide bonds. The third kappa shape index (κ3) is 2.28. The fourth-order valence-electron chi connectivity index (χ4n) is 2.29. The number of hydroxylamine groups is 1. The van der Waals surface area contributed by atoms with Crippen molar-refractivity contribution in [1.29, 1.82) is 5.26 Å². The van der Waals surface area contributed by atoms with Crippen LogP contribution < -0.4 is 5.06 Å². The second-order valence-electron chi connectivity index (χ2n) is 4.42. The van der Waals surface area contributed by atoms with Gasteiger partial charge in [-0.3, -0.25) is 9.82 Å². The molecule has 3 rings (SSSR count). The second-order valence-corrected chi connectivity index (χ2v) is 4.42. The first-order valence-electron chi connectivity index (χ1n) is 6.19. The number of para-hydroxylation sites is 1. The average molecular weight is 251 g/mol. The molecule has 0 N–H and O–H groups in total. The fraction of sp³-hybridized carbons (Fsp3) is 0.200. The smallest absolute Gasteiger partial charge is 0.174 e. The van der Waals surface area contributed by atoms with E-state index < -0.39 is 6.10 Å². The van der Waals surface area contributed by atoms with Gasteiger partial charge >= 0.3 is 0 Å². The number of nitrogens with zero attached hydrogens (tertiary/aromatic N) is 3. The molecule has 0 saturated carbocycles. The van der Waals surface area contributed by atoms with Crippen molar-refractivity contribution in [2.24, 2.45) is 0 Å². The first-order valence-corrected chi connectivity index (χ1v) is 6.19. The number of anilines is 1. The third-order valence-electron chi connectivity index (χ3n) is 3.19. The largest absolute Gasteiger partial charge is 0.264 e. The molecule has 0 spiro atoms. The number of benzene rings is 1. The minimum absolute atomic E-state index is 0.0285. The highest BCUT2D eigenvalue weighted by Gasteiger charge is 2.35. The minimum Gasteiger partial charge on any atom is -0.264 e. The number of nitriles is 1. The van der Waals surface area contributed by atoms with Gasteiger partial charge < -0.3 is 0 Å². The molecule has 19 heavy (non-hydrogen) atoms. The van der Waals surface area contributed by atoms with E-state index in [9.17, 15) is 0 Å². The Morgan fingerprint density at radius 3 is 2.74 bits per heavy atom. The Morgan fingerprint density at radius 2 is 2.05 bits per heavy atom. The highest BCUT2D eigenvalue weighted by Crippen LogP contribution is 2.37. The van der Waals surface area contributed by atoms with Gasteiger partial charge in [0.25, 0.3) is 0 Å². The highest BCUT2D eigenvalue weighted by atomic mass is 16.7. The molecule has 1 fully saturated rings.